The molecule has 39 heavy (non-hydrogen) atoms. The highest BCUT2D eigenvalue weighted by atomic mass is 32.2. The molecule has 2 aromatic heterocycles. The zero-order chi connectivity index (χ0) is 28.6. The van der Waals surface area contributed by atoms with Gasteiger partial charge in [-0.3, -0.25) is 0 Å². The first-order valence-corrected chi connectivity index (χ1v) is 14.7. The van der Waals surface area contributed by atoms with Gasteiger partial charge < -0.3 is 10.6 Å². The van der Waals surface area contributed by atoms with E-state index in [0.717, 1.165) is 6.26 Å². The topological polar surface area (TPSA) is 157 Å². The number of anilines is 2. The van der Waals surface area contributed by atoms with E-state index in [2.05, 4.69) is 25.6 Å². The van der Waals surface area contributed by atoms with Gasteiger partial charge in [0, 0.05) is 11.8 Å². The third kappa shape index (κ3) is 6.99. The van der Waals surface area contributed by atoms with Crippen molar-refractivity contribution in [3.05, 3.63) is 66.2 Å². The number of hydrogen-bond donors (Lipinski definition) is 3. The molecule has 0 fully saturated rings. The normalized spacial score (nSPS) is 13.3. The van der Waals surface area contributed by atoms with Gasteiger partial charge in [-0.05, 0) is 48.9 Å². The lowest BCUT2D eigenvalue weighted by atomic mass is 10.1. The van der Waals surface area contributed by atoms with Crippen molar-refractivity contribution in [2.75, 3.05) is 23.4 Å². The first-order valence-electron chi connectivity index (χ1n) is 11.3. The number of nitrogens with one attached hydrogen (secondary N) is 2. The summed E-state index contributed by atoms with van der Waals surface area (Å²) >= 11 is 0. The van der Waals surface area contributed by atoms with Gasteiger partial charge in [-0.15, -0.1) is 0 Å². The van der Waals surface area contributed by atoms with E-state index in [1.807, 2.05) is 0 Å². The summed E-state index contributed by atoms with van der Waals surface area (Å²) in [5, 5.41) is 10.4. The molecule has 4 aromatic rings. The van der Waals surface area contributed by atoms with Crippen LogP contribution in [-0.4, -0.2) is 50.8 Å². The molecule has 0 amide bonds. The molecule has 0 aliphatic rings. The van der Waals surface area contributed by atoms with E-state index in [0.29, 0.717) is 16.8 Å². The van der Waals surface area contributed by atoms with Crippen molar-refractivity contribution in [3.63, 3.8) is 0 Å². The van der Waals surface area contributed by atoms with Gasteiger partial charge in [-0.25, -0.2) is 31.9 Å². The molecule has 0 aliphatic carbocycles. The molecule has 206 valence electrons. The second-order valence-corrected chi connectivity index (χ2v) is 12.3. The number of rotatable bonds is 8. The number of sulfonamides is 1. The number of primary sulfonamides is 1. The molecular weight excluding hydrogens is 557 g/mol. The van der Waals surface area contributed by atoms with E-state index in [1.54, 1.807) is 43.3 Å². The highest BCUT2D eigenvalue weighted by Crippen LogP contribution is 2.28. The van der Waals surface area contributed by atoms with Crippen LogP contribution < -0.4 is 15.8 Å². The van der Waals surface area contributed by atoms with E-state index in [4.69, 9.17) is 5.14 Å². The quantitative estimate of drug-likeness (QED) is 0.281. The van der Waals surface area contributed by atoms with Gasteiger partial charge in [0.25, 0.3) is 0 Å². The van der Waals surface area contributed by atoms with Crippen LogP contribution in [0, 0.1) is 0 Å². The Hall–Kier alpha value is -3.82. The van der Waals surface area contributed by atoms with E-state index in [1.165, 1.54) is 24.3 Å². The van der Waals surface area contributed by atoms with Gasteiger partial charge in [0.2, 0.25) is 16.0 Å². The summed E-state index contributed by atoms with van der Waals surface area (Å²) in [4.78, 5) is 13.0. The Balaban J connectivity index is 1.72. The Morgan fingerprint density at radius 2 is 1.62 bits per heavy atom. The Morgan fingerprint density at radius 3 is 2.23 bits per heavy atom. The molecule has 0 aliphatic heterocycles. The van der Waals surface area contributed by atoms with Crippen molar-refractivity contribution in [1.29, 1.82) is 0 Å². The second kappa shape index (κ2) is 10.4. The average Bonchev–Trinajstić information content (AvgIpc) is 2.85. The maximum absolute atomic E-state index is 13.0. The minimum absolute atomic E-state index is 0.00354. The van der Waals surface area contributed by atoms with E-state index in [-0.39, 0.29) is 32.6 Å². The minimum atomic E-state index is -4.54. The standard InChI is InChI=1S/C24H23F3N6O4S2/c1-14(15-6-8-17(9-7-15)39(28,36)37)30-23-32-20-11-10-19(16-4-3-5-18(12-16)38(2,34)35)31-21(20)22(33-23)29-13-24(25,26)27/h3-12,14H,13H2,1-2H3,(H2,28,36,37)(H2,29,30,32,33). The smallest absolute Gasteiger partial charge is 0.359 e. The van der Waals surface area contributed by atoms with E-state index in [9.17, 15) is 30.0 Å². The molecule has 1 unspecified atom stereocenters. The maximum Gasteiger partial charge on any atom is 0.405 e. The summed E-state index contributed by atoms with van der Waals surface area (Å²) in [6.07, 6.45) is -3.47. The number of nitrogens with zero attached hydrogens (tertiary/aromatic N) is 3. The third-order valence-electron chi connectivity index (χ3n) is 5.61. The van der Waals surface area contributed by atoms with Crippen LogP contribution in [0.3, 0.4) is 0 Å². The minimum Gasteiger partial charge on any atom is -0.359 e. The summed E-state index contributed by atoms with van der Waals surface area (Å²) in [5.74, 6) is -0.179. The molecule has 4 rings (SSSR count). The van der Waals surface area contributed by atoms with Crippen LogP contribution in [-0.2, 0) is 19.9 Å². The summed E-state index contributed by atoms with van der Waals surface area (Å²) in [7, 11) is -7.36. The van der Waals surface area contributed by atoms with Crippen LogP contribution >= 0.6 is 0 Å². The molecule has 15 heteroatoms. The molecule has 1 atom stereocenters. The average molecular weight is 581 g/mol. The lowest BCUT2D eigenvalue weighted by molar-refractivity contribution is -0.115. The van der Waals surface area contributed by atoms with Crippen LogP contribution in [0.1, 0.15) is 18.5 Å². The zero-order valence-electron chi connectivity index (χ0n) is 20.6. The number of halogens is 3. The Morgan fingerprint density at radius 1 is 0.923 bits per heavy atom. The number of aromatic nitrogens is 3. The van der Waals surface area contributed by atoms with E-state index < -0.39 is 38.6 Å². The highest BCUT2D eigenvalue weighted by Gasteiger charge is 2.28. The molecule has 10 nitrogen and oxygen atoms in total. The van der Waals surface area contributed by atoms with Crippen LogP contribution in [0.15, 0.2) is 70.5 Å². The van der Waals surface area contributed by atoms with Crippen LogP contribution in [0.2, 0.25) is 0 Å². The molecular formula is C24H23F3N6O4S2. The van der Waals surface area contributed by atoms with Crippen molar-refractivity contribution in [1.82, 2.24) is 15.0 Å². The molecule has 4 N–H and O–H groups in total. The Labute approximate surface area is 222 Å². The fourth-order valence-electron chi connectivity index (χ4n) is 3.66. The Kier molecular flexibility index (Phi) is 7.51. The van der Waals surface area contributed by atoms with Gasteiger partial charge in [0.15, 0.2) is 15.7 Å². The van der Waals surface area contributed by atoms with Gasteiger partial charge in [-0.1, -0.05) is 24.3 Å². The molecule has 0 saturated heterocycles. The number of pyridine rings is 1. The number of sulfone groups is 1. The fourth-order valence-corrected chi connectivity index (χ4v) is 4.84. The van der Waals surface area contributed by atoms with Gasteiger partial charge in [0.05, 0.1) is 27.0 Å². The number of fused-ring (bicyclic) bond motifs is 1. The Bertz CT molecular complexity index is 1750. The van der Waals surface area contributed by atoms with Gasteiger partial charge >= 0.3 is 6.18 Å². The lowest BCUT2D eigenvalue weighted by Gasteiger charge is -2.17. The molecule has 2 aromatic carbocycles. The van der Waals surface area contributed by atoms with Crippen molar-refractivity contribution in [3.8, 4) is 11.3 Å². The van der Waals surface area contributed by atoms with E-state index >= 15 is 0 Å². The highest BCUT2D eigenvalue weighted by molar-refractivity contribution is 7.90. The van der Waals surface area contributed by atoms with Gasteiger partial charge in [0.1, 0.15) is 12.1 Å². The molecule has 2 heterocycles. The zero-order valence-corrected chi connectivity index (χ0v) is 22.2. The van der Waals surface area contributed by atoms with Crippen molar-refractivity contribution in [2.24, 2.45) is 5.14 Å². The first kappa shape index (κ1) is 28.2. The largest absolute Gasteiger partial charge is 0.405 e. The number of benzene rings is 2. The summed E-state index contributed by atoms with van der Waals surface area (Å²) < 4.78 is 86.0. The lowest BCUT2D eigenvalue weighted by Crippen LogP contribution is -2.22. The van der Waals surface area contributed by atoms with Crippen LogP contribution in [0.4, 0.5) is 24.9 Å². The van der Waals surface area contributed by atoms with Crippen molar-refractivity contribution >= 4 is 42.7 Å². The third-order valence-corrected chi connectivity index (χ3v) is 7.65. The van der Waals surface area contributed by atoms with Gasteiger partial charge in [-0.2, -0.15) is 18.2 Å². The predicted octanol–water partition coefficient (Wildman–Crippen LogP) is 3.89. The number of hydrogen-bond acceptors (Lipinski definition) is 9. The van der Waals surface area contributed by atoms with Crippen molar-refractivity contribution < 1.29 is 30.0 Å². The van der Waals surface area contributed by atoms with Crippen molar-refractivity contribution in [2.45, 2.75) is 28.9 Å². The molecule has 0 spiro atoms. The molecule has 0 radical (unpaired) electrons. The maximum atomic E-state index is 13.0. The SMILES string of the molecule is CC(Nc1nc(NCC(F)(F)F)c2nc(-c3cccc(S(C)(=O)=O)c3)ccc2n1)c1ccc(S(N)(=O)=O)cc1. The summed E-state index contributed by atoms with van der Waals surface area (Å²) in [6, 6.07) is 14.4. The molecule has 0 bridgehead atoms. The summed E-state index contributed by atoms with van der Waals surface area (Å²) in [5.41, 5.74) is 1.69. The van der Waals surface area contributed by atoms with Crippen LogP contribution in [0.5, 0.6) is 0 Å². The predicted molar refractivity (Wildman–Crippen MR) is 140 cm³/mol. The number of alkyl halides is 3. The molecule has 0 saturated carbocycles. The van der Waals surface area contributed by atoms with Crippen LogP contribution in [0.25, 0.3) is 22.3 Å². The second-order valence-electron chi connectivity index (χ2n) is 8.71. The summed E-state index contributed by atoms with van der Waals surface area (Å²) in [6.45, 7) is 0.358. The first-order chi connectivity index (χ1) is 18.1. The monoisotopic (exact) mass is 580 g/mol. The fraction of sp³-hybridized carbons (Fsp3) is 0.208. The number of nitrogens with two attached hydrogens (primary N) is 1.